The molecule has 0 spiro atoms. The number of ether oxygens (including phenoxy) is 2. The van der Waals surface area contributed by atoms with Crippen molar-refractivity contribution in [2.24, 2.45) is 5.92 Å². The van der Waals surface area contributed by atoms with Crippen LogP contribution in [0, 0.1) is 17.2 Å². The van der Waals surface area contributed by atoms with Gasteiger partial charge >= 0.3 is 12.3 Å². The van der Waals surface area contributed by atoms with Gasteiger partial charge in [-0.1, -0.05) is 12.1 Å². The van der Waals surface area contributed by atoms with Crippen LogP contribution < -0.4 is 10.1 Å². The van der Waals surface area contributed by atoms with Gasteiger partial charge in [-0.3, -0.25) is 5.32 Å². The van der Waals surface area contributed by atoms with Gasteiger partial charge in [-0.2, -0.15) is 18.4 Å². The van der Waals surface area contributed by atoms with Crippen LogP contribution in [-0.4, -0.2) is 29.5 Å². The first-order valence-corrected chi connectivity index (χ1v) is 12.1. The van der Waals surface area contributed by atoms with E-state index < -0.39 is 18.9 Å². The number of hydrogen-bond acceptors (Lipinski definition) is 4. The first kappa shape index (κ1) is 24.0. The third-order valence-corrected chi connectivity index (χ3v) is 6.91. The SMILES string of the molecule is C[C@H](OC(=O)Nc1ccc(-c2c(C#N)c3ccc(OCC(F)(F)F)cc3n2C2CCC2)cc1)C1CC1. The van der Waals surface area contributed by atoms with Crippen molar-refractivity contribution >= 4 is 22.7 Å². The Bertz CT molecular complexity index is 1320. The van der Waals surface area contributed by atoms with E-state index in [0.29, 0.717) is 33.8 Å². The van der Waals surface area contributed by atoms with Gasteiger partial charge in [0.25, 0.3) is 0 Å². The predicted octanol–water partition coefficient (Wildman–Crippen LogP) is 7.19. The largest absolute Gasteiger partial charge is 0.484 e. The van der Waals surface area contributed by atoms with Crippen LogP contribution in [0.15, 0.2) is 42.5 Å². The second-order valence-corrected chi connectivity index (χ2v) is 9.52. The lowest BCUT2D eigenvalue weighted by atomic mass is 9.92. The fourth-order valence-electron chi connectivity index (χ4n) is 4.66. The molecule has 2 aliphatic rings. The zero-order valence-electron chi connectivity index (χ0n) is 19.8. The highest BCUT2D eigenvalue weighted by Gasteiger charge is 2.31. The maximum absolute atomic E-state index is 12.7. The van der Waals surface area contributed by atoms with E-state index in [9.17, 15) is 23.2 Å². The first-order chi connectivity index (χ1) is 17.2. The maximum Gasteiger partial charge on any atom is 0.422 e. The van der Waals surface area contributed by atoms with Gasteiger partial charge < -0.3 is 14.0 Å². The lowest BCUT2D eigenvalue weighted by Gasteiger charge is -2.30. The number of amides is 1. The molecular weight excluding hydrogens is 471 g/mol. The van der Waals surface area contributed by atoms with E-state index in [1.807, 2.05) is 23.6 Å². The number of benzene rings is 2. The second-order valence-electron chi connectivity index (χ2n) is 9.52. The Morgan fingerprint density at radius 1 is 1.17 bits per heavy atom. The molecule has 0 aliphatic heterocycles. The van der Waals surface area contributed by atoms with Crippen molar-refractivity contribution in [2.45, 2.75) is 57.3 Å². The normalized spacial score (nSPS) is 16.8. The molecule has 0 bridgehead atoms. The zero-order chi connectivity index (χ0) is 25.4. The highest BCUT2D eigenvalue weighted by molar-refractivity contribution is 5.96. The van der Waals surface area contributed by atoms with Crippen molar-refractivity contribution in [3.05, 3.63) is 48.0 Å². The molecule has 36 heavy (non-hydrogen) atoms. The monoisotopic (exact) mass is 497 g/mol. The van der Waals surface area contributed by atoms with E-state index in [1.165, 1.54) is 6.07 Å². The van der Waals surface area contributed by atoms with Crippen LogP contribution in [0.2, 0.25) is 0 Å². The summed E-state index contributed by atoms with van der Waals surface area (Å²) < 4.78 is 50.5. The number of nitrogens with zero attached hydrogens (tertiary/aromatic N) is 2. The molecule has 188 valence electrons. The van der Waals surface area contributed by atoms with Gasteiger partial charge in [0.2, 0.25) is 0 Å². The lowest BCUT2D eigenvalue weighted by molar-refractivity contribution is -0.153. The number of carbonyl (C=O) groups is 1. The van der Waals surface area contributed by atoms with E-state index in [0.717, 1.165) is 37.7 Å². The maximum atomic E-state index is 12.7. The molecule has 2 aromatic carbocycles. The Balaban J connectivity index is 1.46. The van der Waals surface area contributed by atoms with Crippen LogP contribution in [-0.2, 0) is 4.74 Å². The van der Waals surface area contributed by atoms with Gasteiger partial charge in [-0.05, 0) is 74.8 Å². The summed E-state index contributed by atoms with van der Waals surface area (Å²) in [4.78, 5) is 12.2. The van der Waals surface area contributed by atoms with Crippen molar-refractivity contribution in [3.8, 4) is 23.1 Å². The molecule has 6 nitrogen and oxygen atoms in total. The van der Waals surface area contributed by atoms with Crippen LogP contribution in [0.4, 0.5) is 23.7 Å². The molecule has 2 saturated carbocycles. The summed E-state index contributed by atoms with van der Waals surface area (Å²) in [6.45, 7) is 0.513. The molecule has 1 N–H and O–H groups in total. The minimum atomic E-state index is -4.44. The molecule has 5 rings (SSSR count). The fraction of sp³-hybridized carbons (Fsp3) is 0.407. The van der Waals surface area contributed by atoms with Crippen LogP contribution in [0.1, 0.15) is 50.6 Å². The Kier molecular flexibility index (Phi) is 6.29. The summed E-state index contributed by atoms with van der Waals surface area (Å²) in [5, 5.41) is 13.4. The Labute approximate surface area is 206 Å². The summed E-state index contributed by atoms with van der Waals surface area (Å²) in [6.07, 6.45) is -0.0306. The van der Waals surface area contributed by atoms with Crippen molar-refractivity contribution in [1.29, 1.82) is 5.26 Å². The Hall–Kier alpha value is -3.67. The molecule has 2 fully saturated rings. The number of rotatable bonds is 7. The minimum Gasteiger partial charge on any atom is -0.484 e. The van der Waals surface area contributed by atoms with Gasteiger partial charge in [-0.15, -0.1) is 0 Å². The van der Waals surface area contributed by atoms with E-state index in [2.05, 4.69) is 11.4 Å². The molecule has 3 aromatic rings. The number of alkyl halides is 3. The Morgan fingerprint density at radius 3 is 2.47 bits per heavy atom. The topological polar surface area (TPSA) is 76.3 Å². The van der Waals surface area contributed by atoms with Crippen molar-refractivity contribution in [2.75, 3.05) is 11.9 Å². The molecule has 1 atom stereocenters. The number of halogens is 3. The minimum absolute atomic E-state index is 0.104. The molecule has 0 radical (unpaired) electrons. The summed E-state index contributed by atoms with van der Waals surface area (Å²) in [5.41, 5.74) is 3.18. The van der Waals surface area contributed by atoms with Crippen LogP contribution in [0.3, 0.4) is 0 Å². The van der Waals surface area contributed by atoms with Gasteiger partial charge in [0.1, 0.15) is 17.9 Å². The highest BCUT2D eigenvalue weighted by atomic mass is 19.4. The average molecular weight is 498 g/mol. The van der Waals surface area contributed by atoms with E-state index in [1.54, 1.807) is 24.3 Å². The summed E-state index contributed by atoms with van der Waals surface area (Å²) in [6, 6.07) is 14.3. The van der Waals surface area contributed by atoms with Gasteiger partial charge in [0.15, 0.2) is 6.61 Å². The van der Waals surface area contributed by atoms with Crippen LogP contribution >= 0.6 is 0 Å². The zero-order valence-corrected chi connectivity index (χ0v) is 19.8. The smallest absolute Gasteiger partial charge is 0.422 e. The molecule has 0 unspecified atom stereocenters. The third kappa shape index (κ3) is 4.99. The van der Waals surface area contributed by atoms with E-state index >= 15 is 0 Å². The number of carbonyl (C=O) groups excluding carboxylic acids is 1. The molecular formula is C27H26F3N3O3. The van der Waals surface area contributed by atoms with Crippen molar-refractivity contribution in [3.63, 3.8) is 0 Å². The summed E-state index contributed by atoms with van der Waals surface area (Å²) in [7, 11) is 0. The van der Waals surface area contributed by atoms with Gasteiger partial charge in [-0.25, -0.2) is 4.79 Å². The fourth-order valence-corrected chi connectivity index (χ4v) is 4.66. The third-order valence-electron chi connectivity index (χ3n) is 6.91. The lowest BCUT2D eigenvalue weighted by Crippen LogP contribution is -2.21. The Morgan fingerprint density at radius 2 is 1.89 bits per heavy atom. The molecule has 1 amide bonds. The summed E-state index contributed by atoms with van der Waals surface area (Å²) in [5.74, 6) is 0.544. The number of anilines is 1. The molecule has 1 aromatic heterocycles. The number of nitrogens with one attached hydrogen (secondary N) is 1. The van der Waals surface area contributed by atoms with Crippen molar-refractivity contribution < 1.29 is 27.4 Å². The number of hydrogen-bond donors (Lipinski definition) is 1. The molecule has 2 aliphatic carbocycles. The number of aromatic nitrogens is 1. The van der Waals surface area contributed by atoms with Crippen LogP contribution in [0.25, 0.3) is 22.2 Å². The second kappa shape index (κ2) is 9.41. The highest BCUT2D eigenvalue weighted by Crippen LogP contribution is 2.43. The molecule has 1 heterocycles. The van der Waals surface area contributed by atoms with E-state index in [4.69, 9.17) is 9.47 Å². The quantitative estimate of drug-likeness (QED) is 0.375. The standard InChI is InChI=1S/C27H26F3N3O3/c1-16(17-5-6-17)36-26(34)32-19-9-7-18(8-10-19)25-23(14-31)22-12-11-21(35-15-27(28,29)30)13-24(22)33(25)20-3-2-4-20/h7-13,16-17,20H,2-6,15H2,1H3,(H,32,34)/t16-/m0/s1. The van der Waals surface area contributed by atoms with Crippen molar-refractivity contribution in [1.82, 2.24) is 4.57 Å². The molecule has 9 heteroatoms. The van der Waals surface area contributed by atoms with Crippen LogP contribution in [0.5, 0.6) is 5.75 Å². The predicted molar refractivity (Wildman–Crippen MR) is 129 cm³/mol. The number of fused-ring (bicyclic) bond motifs is 1. The summed E-state index contributed by atoms with van der Waals surface area (Å²) >= 11 is 0. The average Bonchev–Trinajstić information content (AvgIpc) is 3.60. The van der Waals surface area contributed by atoms with E-state index in [-0.39, 0.29) is 17.9 Å². The van der Waals surface area contributed by atoms with Gasteiger partial charge in [0.05, 0.1) is 16.8 Å². The molecule has 0 saturated heterocycles. The number of nitriles is 1. The first-order valence-electron chi connectivity index (χ1n) is 12.1. The van der Waals surface area contributed by atoms with Gasteiger partial charge in [0, 0.05) is 23.2 Å².